The summed E-state index contributed by atoms with van der Waals surface area (Å²) >= 11 is 8.01. The Kier molecular flexibility index (Phi) is 5.18. The molecule has 0 bridgehead atoms. The molecule has 6 heteroatoms. The quantitative estimate of drug-likeness (QED) is 0.877. The Balaban J connectivity index is 1.71. The maximum Gasteiger partial charge on any atom is 0.255 e. The summed E-state index contributed by atoms with van der Waals surface area (Å²) in [7, 11) is 0. The molecule has 1 N–H and O–H groups in total. The third-order valence-corrected chi connectivity index (χ3v) is 5.40. The van der Waals surface area contributed by atoms with Crippen LogP contribution in [0.1, 0.15) is 47.5 Å². The van der Waals surface area contributed by atoms with E-state index in [1.807, 2.05) is 16.3 Å². The number of likely N-dealkylation sites (tertiary alicyclic amines) is 1. The second-order valence-corrected chi connectivity index (χ2v) is 7.18. The molecule has 0 radical (unpaired) electrons. The van der Waals surface area contributed by atoms with E-state index in [-0.39, 0.29) is 11.9 Å². The van der Waals surface area contributed by atoms with Crippen LogP contribution in [0.2, 0.25) is 5.02 Å². The first kappa shape index (κ1) is 16.3. The van der Waals surface area contributed by atoms with Gasteiger partial charge in [-0.3, -0.25) is 4.79 Å². The standard InChI is InChI=1S/C17H20ClN3OS/c1-12(15-6-5-9-23-15)20-16-14(18)10-13(11-19-16)17(22)21-7-3-2-4-8-21/h5-6,9-12H,2-4,7-8H2,1H3,(H,19,20). The van der Waals surface area contributed by atoms with Crippen molar-refractivity contribution in [3.8, 4) is 0 Å². The molecule has 0 spiro atoms. The van der Waals surface area contributed by atoms with Gasteiger partial charge in [0.15, 0.2) is 0 Å². The Morgan fingerprint density at radius 3 is 2.83 bits per heavy atom. The van der Waals surface area contributed by atoms with Crippen molar-refractivity contribution in [3.63, 3.8) is 0 Å². The molecule has 1 fully saturated rings. The molecule has 2 aromatic heterocycles. The Labute approximate surface area is 145 Å². The number of thiophene rings is 1. The summed E-state index contributed by atoms with van der Waals surface area (Å²) in [4.78, 5) is 19.9. The number of aromatic nitrogens is 1. The molecule has 2 aromatic rings. The maximum atomic E-state index is 12.5. The largest absolute Gasteiger partial charge is 0.362 e. The lowest BCUT2D eigenvalue weighted by Crippen LogP contribution is -2.35. The highest BCUT2D eigenvalue weighted by Gasteiger charge is 2.20. The van der Waals surface area contributed by atoms with Gasteiger partial charge in [-0.05, 0) is 43.7 Å². The summed E-state index contributed by atoms with van der Waals surface area (Å²) in [5, 5.41) is 5.83. The molecule has 3 rings (SSSR count). The van der Waals surface area contributed by atoms with Gasteiger partial charge in [-0.15, -0.1) is 11.3 Å². The Bertz CT molecular complexity index is 668. The van der Waals surface area contributed by atoms with Crippen LogP contribution in [0, 0.1) is 0 Å². The summed E-state index contributed by atoms with van der Waals surface area (Å²) in [6.45, 7) is 3.72. The van der Waals surface area contributed by atoms with Crippen molar-refractivity contribution in [3.05, 3.63) is 45.2 Å². The molecule has 23 heavy (non-hydrogen) atoms. The Morgan fingerprint density at radius 2 is 2.17 bits per heavy atom. The summed E-state index contributed by atoms with van der Waals surface area (Å²) in [6.07, 6.45) is 4.97. The molecule has 4 nitrogen and oxygen atoms in total. The first-order valence-corrected chi connectivity index (χ1v) is 9.15. The maximum absolute atomic E-state index is 12.5. The van der Waals surface area contributed by atoms with Gasteiger partial charge in [0, 0.05) is 24.2 Å². The molecule has 1 aliphatic heterocycles. The number of anilines is 1. The van der Waals surface area contributed by atoms with Gasteiger partial charge in [0.05, 0.1) is 16.6 Å². The van der Waals surface area contributed by atoms with Crippen molar-refractivity contribution in [1.29, 1.82) is 0 Å². The normalized spacial score (nSPS) is 16.2. The van der Waals surface area contributed by atoms with E-state index in [9.17, 15) is 4.79 Å². The number of piperidine rings is 1. The van der Waals surface area contributed by atoms with Gasteiger partial charge < -0.3 is 10.2 Å². The van der Waals surface area contributed by atoms with Gasteiger partial charge >= 0.3 is 0 Å². The molecule has 122 valence electrons. The Morgan fingerprint density at radius 1 is 1.39 bits per heavy atom. The predicted octanol–water partition coefficient (Wildman–Crippen LogP) is 4.60. The fourth-order valence-electron chi connectivity index (χ4n) is 2.75. The average molecular weight is 350 g/mol. The number of carbonyl (C=O) groups excluding carboxylic acids is 1. The highest BCUT2D eigenvalue weighted by molar-refractivity contribution is 7.10. The molecular formula is C17H20ClN3OS. The van der Waals surface area contributed by atoms with E-state index >= 15 is 0 Å². The van der Waals surface area contributed by atoms with E-state index in [1.54, 1.807) is 23.6 Å². The van der Waals surface area contributed by atoms with E-state index in [1.165, 1.54) is 11.3 Å². The molecule has 1 atom stereocenters. The van der Waals surface area contributed by atoms with Crippen LogP contribution in [0.15, 0.2) is 29.8 Å². The molecule has 1 amide bonds. The highest BCUT2D eigenvalue weighted by Crippen LogP contribution is 2.27. The SMILES string of the molecule is CC(Nc1ncc(C(=O)N2CCCCC2)cc1Cl)c1cccs1. The van der Waals surface area contributed by atoms with Crippen molar-refractivity contribution in [2.75, 3.05) is 18.4 Å². The van der Waals surface area contributed by atoms with Gasteiger partial charge in [-0.1, -0.05) is 17.7 Å². The molecule has 1 saturated heterocycles. The van der Waals surface area contributed by atoms with E-state index in [4.69, 9.17) is 11.6 Å². The zero-order valence-corrected chi connectivity index (χ0v) is 14.7. The van der Waals surface area contributed by atoms with Crippen LogP contribution in [0.4, 0.5) is 5.82 Å². The lowest BCUT2D eigenvalue weighted by atomic mass is 10.1. The second-order valence-electron chi connectivity index (χ2n) is 5.79. The molecule has 0 saturated carbocycles. The zero-order chi connectivity index (χ0) is 16.2. The fourth-order valence-corrected chi connectivity index (χ4v) is 3.71. The number of rotatable bonds is 4. The van der Waals surface area contributed by atoms with Crippen LogP contribution < -0.4 is 5.32 Å². The van der Waals surface area contributed by atoms with Gasteiger partial charge in [0.1, 0.15) is 5.82 Å². The predicted molar refractivity (Wildman–Crippen MR) is 95.4 cm³/mol. The average Bonchev–Trinajstić information content (AvgIpc) is 3.11. The number of hydrogen-bond acceptors (Lipinski definition) is 4. The fraction of sp³-hybridized carbons (Fsp3) is 0.412. The van der Waals surface area contributed by atoms with Crippen molar-refractivity contribution in [2.45, 2.75) is 32.2 Å². The van der Waals surface area contributed by atoms with E-state index < -0.39 is 0 Å². The molecular weight excluding hydrogens is 330 g/mol. The van der Waals surface area contributed by atoms with Crippen molar-refractivity contribution >= 4 is 34.7 Å². The Hall–Kier alpha value is -1.59. The lowest BCUT2D eigenvalue weighted by molar-refractivity contribution is 0.0724. The van der Waals surface area contributed by atoms with Crippen molar-refractivity contribution < 1.29 is 4.79 Å². The van der Waals surface area contributed by atoms with E-state index in [0.29, 0.717) is 16.4 Å². The molecule has 1 unspecified atom stereocenters. The third-order valence-electron chi connectivity index (χ3n) is 4.05. The van der Waals surface area contributed by atoms with Crippen LogP contribution in [0.3, 0.4) is 0 Å². The number of nitrogens with zero attached hydrogens (tertiary/aromatic N) is 2. The summed E-state index contributed by atoms with van der Waals surface area (Å²) < 4.78 is 0. The van der Waals surface area contributed by atoms with Gasteiger partial charge in [0.25, 0.3) is 5.91 Å². The zero-order valence-electron chi connectivity index (χ0n) is 13.1. The highest BCUT2D eigenvalue weighted by atomic mass is 35.5. The minimum atomic E-state index is 0.0250. The summed E-state index contributed by atoms with van der Waals surface area (Å²) in [5.41, 5.74) is 0.561. The number of halogens is 1. The number of hydrogen-bond donors (Lipinski definition) is 1. The first-order valence-electron chi connectivity index (χ1n) is 7.90. The van der Waals surface area contributed by atoms with Crippen LogP contribution >= 0.6 is 22.9 Å². The minimum absolute atomic E-state index is 0.0250. The second kappa shape index (κ2) is 7.32. The number of nitrogens with one attached hydrogen (secondary N) is 1. The van der Waals surface area contributed by atoms with Crippen LogP contribution in [-0.2, 0) is 0 Å². The smallest absolute Gasteiger partial charge is 0.255 e. The third kappa shape index (κ3) is 3.85. The van der Waals surface area contributed by atoms with Gasteiger partial charge in [-0.2, -0.15) is 0 Å². The van der Waals surface area contributed by atoms with E-state index in [2.05, 4.69) is 23.3 Å². The van der Waals surface area contributed by atoms with Crippen molar-refractivity contribution in [1.82, 2.24) is 9.88 Å². The monoisotopic (exact) mass is 349 g/mol. The van der Waals surface area contributed by atoms with Gasteiger partial charge in [0.2, 0.25) is 0 Å². The number of carbonyl (C=O) groups is 1. The minimum Gasteiger partial charge on any atom is -0.362 e. The first-order chi connectivity index (χ1) is 11.1. The van der Waals surface area contributed by atoms with Gasteiger partial charge in [-0.25, -0.2) is 4.98 Å². The number of pyridine rings is 1. The van der Waals surface area contributed by atoms with Crippen LogP contribution in [-0.4, -0.2) is 28.9 Å². The summed E-state index contributed by atoms with van der Waals surface area (Å²) in [6, 6.07) is 5.94. The van der Waals surface area contributed by atoms with E-state index in [0.717, 1.165) is 25.9 Å². The van der Waals surface area contributed by atoms with Crippen LogP contribution in [0.5, 0.6) is 0 Å². The number of amides is 1. The summed E-state index contributed by atoms with van der Waals surface area (Å²) in [5.74, 6) is 0.639. The molecule has 0 aliphatic carbocycles. The molecule has 1 aliphatic rings. The van der Waals surface area contributed by atoms with Crippen molar-refractivity contribution in [2.24, 2.45) is 0 Å². The lowest BCUT2D eigenvalue weighted by Gasteiger charge is -2.26. The van der Waals surface area contributed by atoms with Crippen LogP contribution in [0.25, 0.3) is 0 Å². The topological polar surface area (TPSA) is 45.2 Å². The molecule has 0 aromatic carbocycles. The molecule has 3 heterocycles.